The van der Waals surface area contributed by atoms with Crippen LogP contribution in [0, 0.1) is 0 Å². The number of hydrogen-bond donors (Lipinski definition) is 0. The number of fused-ring (bicyclic) bond motifs is 4. The van der Waals surface area contributed by atoms with Crippen LogP contribution in [-0.2, 0) is 12.8 Å². The van der Waals surface area contributed by atoms with Gasteiger partial charge in [-0.2, -0.15) is 0 Å². The van der Waals surface area contributed by atoms with Crippen LogP contribution in [-0.4, -0.2) is 29.1 Å². The van der Waals surface area contributed by atoms with Gasteiger partial charge in [-0.05, 0) is 29.6 Å². The van der Waals surface area contributed by atoms with Gasteiger partial charge in [0.05, 0.1) is 27.0 Å². The summed E-state index contributed by atoms with van der Waals surface area (Å²) in [6.07, 6.45) is 0. The summed E-state index contributed by atoms with van der Waals surface area (Å²) in [5, 5.41) is 13.3. The number of aromatic nitrogens is 6. The summed E-state index contributed by atoms with van der Waals surface area (Å²) in [6, 6.07) is 19.6. The minimum atomic E-state index is -0.0814. The van der Waals surface area contributed by atoms with E-state index in [0.29, 0.717) is 16.9 Å². The smallest absolute Gasteiger partial charge is 0.262 e. The first-order chi connectivity index (χ1) is 15.7. The number of thioether (sulfide) groups is 1. The number of aryl methyl sites for hydroxylation is 1. The van der Waals surface area contributed by atoms with Gasteiger partial charge in [0.25, 0.3) is 5.56 Å². The lowest BCUT2D eigenvalue weighted by Gasteiger charge is -2.09. The summed E-state index contributed by atoms with van der Waals surface area (Å²) < 4.78 is 3.49. The molecule has 0 aliphatic rings. The SMILES string of the molecule is Cn1c(=O)c2ccccc2n2c(CSc3nc(-c4cccs4)nc4ccccc34)nnc12. The predicted molar refractivity (Wildman–Crippen MR) is 128 cm³/mol. The van der Waals surface area contributed by atoms with Crippen LogP contribution in [0.25, 0.3) is 38.3 Å². The van der Waals surface area contributed by atoms with Gasteiger partial charge in [0, 0.05) is 12.4 Å². The molecule has 9 heteroatoms. The van der Waals surface area contributed by atoms with Crippen molar-refractivity contribution in [1.82, 2.24) is 29.1 Å². The van der Waals surface area contributed by atoms with E-state index in [-0.39, 0.29) is 5.56 Å². The van der Waals surface area contributed by atoms with E-state index in [0.717, 1.165) is 38.0 Å². The average molecular weight is 457 g/mol. The van der Waals surface area contributed by atoms with Gasteiger partial charge in [0.15, 0.2) is 5.82 Å². The zero-order valence-corrected chi connectivity index (χ0v) is 18.6. The number of rotatable bonds is 4. The van der Waals surface area contributed by atoms with Crippen LogP contribution in [0.3, 0.4) is 0 Å². The Morgan fingerprint density at radius 1 is 0.938 bits per heavy atom. The largest absolute Gasteiger partial charge is 0.279 e. The lowest BCUT2D eigenvalue weighted by atomic mass is 10.2. The molecule has 0 bridgehead atoms. The summed E-state index contributed by atoms with van der Waals surface area (Å²) >= 11 is 3.22. The molecule has 0 saturated carbocycles. The molecule has 4 aromatic heterocycles. The summed E-state index contributed by atoms with van der Waals surface area (Å²) in [4.78, 5) is 23.3. The Hall–Kier alpha value is -3.56. The fourth-order valence-electron chi connectivity index (χ4n) is 3.79. The van der Waals surface area contributed by atoms with Gasteiger partial charge in [-0.1, -0.05) is 48.2 Å². The maximum Gasteiger partial charge on any atom is 0.262 e. The fraction of sp³-hybridized carbons (Fsp3) is 0.0870. The topological polar surface area (TPSA) is 78.0 Å². The molecule has 156 valence electrons. The zero-order chi connectivity index (χ0) is 21.7. The number of benzene rings is 2. The van der Waals surface area contributed by atoms with Crippen molar-refractivity contribution in [3.8, 4) is 10.7 Å². The highest BCUT2D eigenvalue weighted by molar-refractivity contribution is 7.98. The van der Waals surface area contributed by atoms with Crippen molar-refractivity contribution in [3.05, 3.63) is 82.2 Å². The van der Waals surface area contributed by atoms with E-state index in [9.17, 15) is 4.79 Å². The third kappa shape index (κ3) is 3.01. The van der Waals surface area contributed by atoms with E-state index < -0.39 is 0 Å². The van der Waals surface area contributed by atoms with E-state index in [4.69, 9.17) is 9.97 Å². The van der Waals surface area contributed by atoms with Crippen LogP contribution in [0.15, 0.2) is 75.9 Å². The van der Waals surface area contributed by atoms with Crippen molar-refractivity contribution in [2.45, 2.75) is 10.8 Å². The molecule has 32 heavy (non-hydrogen) atoms. The van der Waals surface area contributed by atoms with Gasteiger partial charge < -0.3 is 0 Å². The van der Waals surface area contributed by atoms with E-state index >= 15 is 0 Å². The van der Waals surface area contributed by atoms with Crippen LogP contribution < -0.4 is 5.56 Å². The quantitative estimate of drug-likeness (QED) is 0.286. The highest BCUT2D eigenvalue weighted by Crippen LogP contribution is 2.31. The van der Waals surface area contributed by atoms with Crippen molar-refractivity contribution < 1.29 is 0 Å². The van der Waals surface area contributed by atoms with Crippen LogP contribution in [0.4, 0.5) is 0 Å². The lowest BCUT2D eigenvalue weighted by molar-refractivity contribution is 0.857. The van der Waals surface area contributed by atoms with Crippen molar-refractivity contribution in [2.75, 3.05) is 0 Å². The monoisotopic (exact) mass is 456 g/mol. The molecule has 0 amide bonds. The van der Waals surface area contributed by atoms with Crippen molar-refractivity contribution >= 4 is 50.7 Å². The summed E-state index contributed by atoms with van der Waals surface area (Å²) in [5.41, 5.74) is 1.63. The first-order valence-electron chi connectivity index (χ1n) is 9.96. The average Bonchev–Trinajstić information content (AvgIpc) is 3.51. The molecular weight excluding hydrogens is 440 g/mol. The molecule has 6 aromatic rings. The fourth-order valence-corrected chi connectivity index (χ4v) is 5.38. The summed E-state index contributed by atoms with van der Waals surface area (Å²) in [5.74, 6) is 2.56. The predicted octanol–water partition coefficient (Wildman–Crippen LogP) is 4.55. The molecular formula is C23H16N6OS2. The second kappa shape index (κ2) is 7.54. The molecule has 0 N–H and O–H groups in total. The maximum atomic E-state index is 12.7. The van der Waals surface area contributed by atoms with Crippen LogP contribution in [0.5, 0.6) is 0 Å². The molecule has 7 nitrogen and oxygen atoms in total. The van der Waals surface area contributed by atoms with E-state index in [2.05, 4.69) is 10.2 Å². The Morgan fingerprint density at radius 2 is 1.75 bits per heavy atom. The number of thiophene rings is 1. The Bertz CT molecular complexity index is 1670. The van der Waals surface area contributed by atoms with Gasteiger partial charge >= 0.3 is 0 Å². The second-order valence-corrected chi connectivity index (χ2v) is 9.18. The molecule has 4 heterocycles. The molecule has 0 saturated heterocycles. The second-order valence-electron chi connectivity index (χ2n) is 7.27. The highest BCUT2D eigenvalue weighted by atomic mass is 32.2. The minimum absolute atomic E-state index is 0.0814. The number of hydrogen-bond acceptors (Lipinski definition) is 7. The van der Waals surface area contributed by atoms with Crippen molar-refractivity contribution in [2.24, 2.45) is 7.05 Å². The Morgan fingerprint density at radius 3 is 2.59 bits per heavy atom. The van der Waals surface area contributed by atoms with Crippen LogP contribution >= 0.6 is 23.1 Å². The van der Waals surface area contributed by atoms with Crippen LogP contribution in [0.2, 0.25) is 0 Å². The number of nitrogens with zero attached hydrogens (tertiary/aromatic N) is 6. The third-order valence-corrected chi connectivity index (χ3v) is 7.19. The van der Waals surface area contributed by atoms with Gasteiger partial charge in [-0.3, -0.25) is 13.8 Å². The molecule has 6 rings (SSSR count). The molecule has 0 unspecified atom stereocenters. The van der Waals surface area contributed by atoms with Crippen LogP contribution in [0.1, 0.15) is 5.82 Å². The third-order valence-electron chi connectivity index (χ3n) is 5.34. The zero-order valence-electron chi connectivity index (χ0n) is 17.0. The lowest BCUT2D eigenvalue weighted by Crippen LogP contribution is -2.20. The van der Waals surface area contributed by atoms with Crippen molar-refractivity contribution in [3.63, 3.8) is 0 Å². The van der Waals surface area contributed by atoms with E-state index in [1.165, 1.54) is 0 Å². The normalized spacial score (nSPS) is 11.7. The maximum absolute atomic E-state index is 12.7. The van der Waals surface area contributed by atoms with Gasteiger partial charge in [0.2, 0.25) is 5.78 Å². The Labute approximate surface area is 190 Å². The molecule has 0 fully saturated rings. The molecule has 2 aromatic carbocycles. The standard InChI is InChI=1S/C23H16N6OS2/c1-28-22(30)15-8-3-5-10-17(15)29-19(26-27-23(28)29)13-32-21-14-7-2-4-9-16(14)24-20(25-21)18-11-6-12-31-18/h2-12H,13H2,1H3. The molecule has 0 spiro atoms. The summed E-state index contributed by atoms with van der Waals surface area (Å²) in [6.45, 7) is 0. The number of para-hydroxylation sites is 2. The molecule has 0 atom stereocenters. The molecule has 0 aliphatic carbocycles. The summed E-state index contributed by atoms with van der Waals surface area (Å²) in [7, 11) is 1.72. The molecule has 0 aliphatic heterocycles. The van der Waals surface area contributed by atoms with E-state index in [1.807, 2.05) is 70.4 Å². The molecule has 0 radical (unpaired) electrons. The Balaban J connectivity index is 1.47. The Kier molecular flexibility index (Phi) is 4.51. The first kappa shape index (κ1) is 19.1. The van der Waals surface area contributed by atoms with Gasteiger partial charge in [0.1, 0.15) is 10.9 Å². The van der Waals surface area contributed by atoms with E-state index in [1.54, 1.807) is 34.7 Å². The minimum Gasteiger partial charge on any atom is -0.279 e. The first-order valence-corrected chi connectivity index (χ1v) is 11.8. The highest BCUT2D eigenvalue weighted by Gasteiger charge is 2.16. The van der Waals surface area contributed by atoms with Gasteiger partial charge in [-0.25, -0.2) is 9.97 Å². The van der Waals surface area contributed by atoms with Gasteiger partial charge in [-0.15, -0.1) is 21.5 Å². The van der Waals surface area contributed by atoms with Crippen molar-refractivity contribution in [1.29, 1.82) is 0 Å².